The molecule has 1 fully saturated rings. The van der Waals surface area contributed by atoms with Gasteiger partial charge < -0.3 is 14.8 Å². The van der Waals surface area contributed by atoms with Crippen LogP contribution >= 0.6 is 0 Å². The van der Waals surface area contributed by atoms with E-state index in [9.17, 15) is 13.6 Å². The molecule has 2 aliphatic rings. The van der Waals surface area contributed by atoms with Crippen molar-refractivity contribution in [2.75, 3.05) is 18.5 Å². The Bertz CT molecular complexity index is 915. The molecule has 2 heterocycles. The van der Waals surface area contributed by atoms with E-state index < -0.39 is 23.6 Å². The highest BCUT2D eigenvalue weighted by Crippen LogP contribution is 2.49. The Morgan fingerprint density at radius 2 is 2.04 bits per heavy atom. The first-order valence-electron chi connectivity index (χ1n) is 9.65. The molecule has 0 aliphatic carbocycles. The molecule has 28 heavy (non-hydrogen) atoms. The summed E-state index contributed by atoms with van der Waals surface area (Å²) in [6.07, 6.45) is 1.55. The van der Waals surface area contributed by atoms with Crippen LogP contribution in [0, 0.1) is 24.5 Å². The van der Waals surface area contributed by atoms with E-state index in [-0.39, 0.29) is 29.8 Å². The van der Waals surface area contributed by atoms with Gasteiger partial charge in [-0.25, -0.2) is 13.6 Å². The van der Waals surface area contributed by atoms with E-state index >= 15 is 0 Å². The number of aryl methyl sites for hydroxylation is 1. The molecule has 0 radical (unpaired) electrons. The second kappa shape index (κ2) is 7.51. The van der Waals surface area contributed by atoms with Gasteiger partial charge in [0.25, 0.3) is 0 Å². The van der Waals surface area contributed by atoms with Crippen LogP contribution in [0.3, 0.4) is 0 Å². The van der Waals surface area contributed by atoms with E-state index in [1.807, 2.05) is 19.1 Å². The first kappa shape index (κ1) is 18.9. The third-order valence-electron chi connectivity index (χ3n) is 5.56. The van der Waals surface area contributed by atoms with Crippen LogP contribution in [0.15, 0.2) is 30.3 Å². The van der Waals surface area contributed by atoms with Crippen LogP contribution in [0.4, 0.5) is 14.5 Å². The van der Waals surface area contributed by atoms with Crippen LogP contribution < -0.4 is 5.32 Å². The molecule has 0 amide bonds. The SMILES string of the molecule is CCOC(=O)c1ccc([C@H]2Nc3ccc(C)cc3[C@@H]3OCCC[C@H]23)c(F)c1F. The molecule has 4 nitrogen and oxygen atoms in total. The van der Waals surface area contributed by atoms with Crippen molar-refractivity contribution in [3.8, 4) is 0 Å². The average molecular weight is 387 g/mol. The van der Waals surface area contributed by atoms with Crippen molar-refractivity contribution in [2.45, 2.75) is 38.8 Å². The maximum Gasteiger partial charge on any atom is 0.341 e. The number of hydrogen-bond donors (Lipinski definition) is 1. The van der Waals surface area contributed by atoms with Gasteiger partial charge in [-0.15, -0.1) is 0 Å². The molecule has 4 rings (SSSR count). The monoisotopic (exact) mass is 387 g/mol. The Hall–Kier alpha value is -2.47. The van der Waals surface area contributed by atoms with Gasteiger partial charge in [-0.1, -0.05) is 23.8 Å². The number of rotatable bonds is 3. The van der Waals surface area contributed by atoms with Gasteiger partial charge in [-0.3, -0.25) is 0 Å². The third kappa shape index (κ3) is 3.15. The number of fused-ring (bicyclic) bond motifs is 3. The van der Waals surface area contributed by atoms with Crippen molar-refractivity contribution < 1.29 is 23.0 Å². The van der Waals surface area contributed by atoms with Crippen molar-refractivity contribution in [3.63, 3.8) is 0 Å². The van der Waals surface area contributed by atoms with E-state index in [1.54, 1.807) is 6.92 Å². The molecule has 6 heteroatoms. The maximum absolute atomic E-state index is 15.0. The van der Waals surface area contributed by atoms with E-state index in [0.29, 0.717) is 6.61 Å². The Morgan fingerprint density at radius 3 is 2.82 bits per heavy atom. The van der Waals surface area contributed by atoms with Crippen LogP contribution in [0.25, 0.3) is 0 Å². The summed E-state index contributed by atoms with van der Waals surface area (Å²) in [5.41, 5.74) is 2.88. The average Bonchev–Trinajstić information content (AvgIpc) is 2.70. The van der Waals surface area contributed by atoms with Crippen molar-refractivity contribution >= 4 is 11.7 Å². The molecule has 1 N–H and O–H groups in total. The number of esters is 1. The number of hydrogen-bond acceptors (Lipinski definition) is 4. The third-order valence-corrected chi connectivity index (χ3v) is 5.56. The fourth-order valence-electron chi connectivity index (χ4n) is 4.27. The maximum atomic E-state index is 15.0. The summed E-state index contributed by atoms with van der Waals surface area (Å²) in [5, 5.41) is 3.38. The summed E-state index contributed by atoms with van der Waals surface area (Å²) >= 11 is 0. The Balaban J connectivity index is 1.75. The van der Waals surface area contributed by atoms with Gasteiger partial charge in [0, 0.05) is 29.3 Å². The Morgan fingerprint density at radius 1 is 1.21 bits per heavy atom. The number of carbonyl (C=O) groups excluding carboxylic acids is 1. The molecular formula is C22H23F2NO3. The second-order valence-electron chi connectivity index (χ2n) is 7.36. The lowest BCUT2D eigenvalue weighted by molar-refractivity contribution is -0.0385. The summed E-state index contributed by atoms with van der Waals surface area (Å²) in [4.78, 5) is 11.9. The minimum absolute atomic E-state index is 0.0228. The largest absolute Gasteiger partial charge is 0.462 e. The molecule has 0 unspecified atom stereocenters. The van der Waals surface area contributed by atoms with Gasteiger partial charge in [-0.2, -0.15) is 0 Å². The van der Waals surface area contributed by atoms with Crippen LogP contribution in [0.1, 0.15) is 59.0 Å². The van der Waals surface area contributed by atoms with Crippen LogP contribution in [0.5, 0.6) is 0 Å². The zero-order chi connectivity index (χ0) is 19.8. The topological polar surface area (TPSA) is 47.6 Å². The van der Waals surface area contributed by atoms with Crippen LogP contribution in [-0.2, 0) is 9.47 Å². The summed E-state index contributed by atoms with van der Waals surface area (Å²) in [7, 11) is 0. The number of halogens is 2. The molecule has 0 bridgehead atoms. The smallest absolute Gasteiger partial charge is 0.341 e. The summed E-state index contributed by atoms with van der Waals surface area (Å²) in [6.45, 7) is 4.39. The van der Waals surface area contributed by atoms with Gasteiger partial charge in [0.05, 0.1) is 24.3 Å². The number of benzene rings is 2. The molecule has 3 atom stereocenters. The minimum Gasteiger partial charge on any atom is -0.462 e. The van der Waals surface area contributed by atoms with Crippen molar-refractivity contribution in [1.82, 2.24) is 0 Å². The van der Waals surface area contributed by atoms with Gasteiger partial charge >= 0.3 is 5.97 Å². The van der Waals surface area contributed by atoms with E-state index in [4.69, 9.17) is 9.47 Å². The molecular weight excluding hydrogens is 364 g/mol. The summed E-state index contributed by atoms with van der Waals surface area (Å²) in [6, 6.07) is 8.36. The number of carbonyl (C=O) groups is 1. The van der Waals surface area contributed by atoms with E-state index in [2.05, 4.69) is 11.4 Å². The van der Waals surface area contributed by atoms with Crippen LogP contribution in [0.2, 0.25) is 0 Å². The zero-order valence-electron chi connectivity index (χ0n) is 15.9. The molecule has 0 spiro atoms. The zero-order valence-corrected chi connectivity index (χ0v) is 15.9. The highest BCUT2D eigenvalue weighted by molar-refractivity contribution is 5.89. The lowest BCUT2D eigenvalue weighted by Gasteiger charge is -2.43. The molecule has 2 aliphatic heterocycles. The minimum atomic E-state index is -1.17. The number of anilines is 1. The fraction of sp³-hybridized carbons (Fsp3) is 0.409. The molecule has 0 aromatic heterocycles. The van der Waals surface area contributed by atoms with Gasteiger partial charge in [0.15, 0.2) is 11.6 Å². The molecule has 0 saturated carbocycles. The highest BCUT2D eigenvalue weighted by atomic mass is 19.2. The first-order chi connectivity index (χ1) is 13.5. The molecule has 2 aromatic carbocycles. The molecule has 2 aromatic rings. The quantitative estimate of drug-likeness (QED) is 0.746. The number of nitrogens with one attached hydrogen (secondary N) is 1. The highest BCUT2D eigenvalue weighted by Gasteiger charge is 2.41. The predicted molar refractivity (Wildman–Crippen MR) is 101 cm³/mol. The predicted octanol–water partition coefficient (Wildman–Crippen LogP) is 5.08. The molecule has 148 valence electrons. The van der Waals surface area contributed by atoms with E-state index in [0.717, 1.165) is 29.7 Å². The van der Waals surface area contributed by atoms with Crippen molar-refractivity contribution in [3.05, 3.63) is 64.2 Å². The van der Waals surface area contributed by atoms with Crippen molar-refractivity contribution in [1.29, 1.82) is 0 Å². The Labute approximate surface area is 162 Å². The second-order valence-corrected chi connectivity index (χ2v) is 7.36. The Kier molecular flexibility index (Phi) is 5.06. The summed E-state index contributed by atoms with van der Waals surface area (Å²) < 4.78 is 40.5. The summed E-state index contributed by atoms with van der Waals surface area (Å²) in [5.74, 6) is -3.06. The standard InChI is InChI=1S/C22H23F2NO3/c1-3-27-22(26)14-8-7-13(18(23)19(14)24)20-15-5-4-10-28-21(15)16-11-12(2)6-9-17(16)25-20/h6-9,11,15,20-21,25H,3-5,10H2,1-2H3/t15-,20-,21-/m1/s1. The normalized spacial score (nSPS) is 23.4. The van der Waals surface area contributed by atoms with Crippen molar-refractivity contribution in [2.24, 2.45) is 5.92 Å². The van der Waals surface area contributed by atoms with Gasteiger partial charge in [0.2, 0.25) is 0 Å². The fourth-order valence-corrected chi connectivity index (χ4v) is 4.27. The molecule has 1 saturated heterocycles. The first-order valence-corrected chi connectivity index (χ1v) is 9.65. The lowest BCUT2D eigenvalue weighted by atomic mass is 9.77. The van der Waals surface area contributed by atoms with Gasteiger partial charge in [-0.05, 0) is 38.8 Å². The van der Waals surface area contributed by atoms with Gasteiger partial charge in [0.1, 0.15) is 0 Å². The number of ether oxygens (including phenoxy) is 2. The lowest BCUT2D eigenvalue weighted by Crippen LogP contribution is -2.36. The van der Waals surface area contributed by atoms with E-state index in [1.165, 1.54) is 12.1 Å². The van der Waals surface area contributed by atoms with Crippen LogP contribution in [-0.4, -0.2) is 19.2 Å².